The van der Waals surface area contributed by atoms with Crippen LogP contribution in [0, 0.1) is 17.8 Å². The van der Waals surface area contributed by atoms with E-state index in [4.69, 9.17) is 5.73 Å². The normalized spacial score (nSPS) is 41.5. The highest BCUT2D eigenvalue weighted by Crippen LogP contribution is 2.59. The van der Waals surface area contributed by atoms with Crippen LogP contribution < -0.4 is 5.73 Å². The van der Waals surface area contributed by atoms with Gasteiger partial charge < -0.3 is 5.73 Å². The van der Waals surface area contributed by atoms with Crippen molar-refractivity contribution in [2.75, 3.05) is 12.0 Å². The molecule has 5 heteroatoms. The van der Waals surface area contributed by atoms with Crippen molar-refractivity contribution >= 4 is 17.7 Å². The predicted octanol–water partition coefficient (Wildman–Crippen LogP) is 2.51. The fourth-order valence-corrected chi connectivity index (χ4v) is 5.67. The van der Waals surface area contributed by atoms with Crippen molar-refractivity contribution in [2.45, 2.75) is 49.2 Å². The highest BCUT2D eigenvalue weighted by Gasteiger charge is 2.53. The third-order valence-electron chi connectivity index (χ3n) is 5.23. The number of nitrogens with zero attached hydrogens (tertiary/aromatic N) is 3. The van der Waals surface area contributed by atoms with E-state index in [9.17, 15) is 0 Å². The zero-order valence-corrected chi connectivity index (χ0v) is 11.6. The Balaban J connectivity index is 1.78. The molecule has 4 nitrogen and oxygen atoms in total. The molecular weight excluding hydrogens is 244 g/mol. The second kappa shape index (κ2) is 3.65. The maximum absolute atomic E-state index is 5.82. The fraction of sp³-hybridized carbons (Fsp3) is 0.846. The predicted molar refractivity (Wildman–Crippen MR) is 72.4 cm³/mol. The molecule has 4 bridgehead atoms. The molecule has 0 aliphatic heterocycles. The van der Waals surface area contributed by atoms with E-state index in [0.29, 0.717) is 5.95 Å². The molecule has 4 saturated carbocycles. The van der Waals surface area contributed by atoms with E-state index in [2.05, 4.69) is 21.0 Å². The van der Waals surface area contributed by atoms with E-state index in [1.807, 2.05) is 0 Å². The smallest absolute Gasteiger partial charge is 0.240 e. The van der Waals surface area contributed by atoms with Crippen LogP contribution in [0.5, 0.6) is 0 Å². The van der Waals surface area contributed by atoms with Gasteiger partial charge in [-0.2, -0.15) is 4.98 Å². The molecule has 4 aliphatic rings. The molecular formula is C13H20N4S. The van der Waals surface area contributed by atoms with Gasteiger partial charge in [-0.1, -0.05) is 11.8 Å². The first-order chi connectivity index (χ1) is 8.68. The lowest BCUT2D eigenvalue weighted by atomic mass is 9.53. The van der Waals surface area contributed by atoms with Gasteiger partial charge in [0.1, 0.15) is 0 Å². The first-order valence-electron chi connectivity index (χ1n) is 6.95. The minimum Gasteiger partial charge on any atom is -0.366 e. The average Bonchev–Trinajstić information content (AvgIpc) is 2.69. The van der Waals surface area contributed by atoms with Crippen LogP contribution in [-0.2, 0) is 5.54 Å². The second-order valence-electron chi connectivity index (χ2n) is 6.51. The van der Waals surface area contributed by atoms with Crippen molar-refractivity contribution in [1.82, 2.24) is 14.8 Å². The van der Waals surface area contributed by atoms with Gasteiger partial charge in [0.05, 0.1) is 5.54 Å². The molecule has 1 aromatic rings. The third kappa shape index (κ3) is 1.46. The van der Waals surface area contributed by atoms with Crippen LogP contribution >= 0.6 is 11.8 Å². The summed E-state index contributed by atoms with van der Waals surface area (Å²) in [5, 5.41) is 5.54. The van der Waals surface area contributed by atoms with Crippen molar-refractivity contribution in [1.29, 1.82) is 0 Å². The standard InChI is InChI=1S/C13H20N4S/c1-18-12-15-11(14)16-17(12)13-5-8-2-9(6-13)4-10(3-8)7-13/h8-10H,2-7H2,1H3,(H2,14,16). The topological polar surface area (TPSA) is 56.7 Å². The first-order valence-corrected chi connectivity index (χ1v) is 8.18. The van der Waals surface area contributed by atoms with Gasteiger partial charge in [-0.15, -0.1) is 5.10 Å². The third-order valence-corrected chi connectivity index (χ3v) is 5.86. The van der Waals surface area contributed by atoms with Gasteiger partial charge >= 0.3 is 0 Å². The molecule has 98 valence electrons. The summed E-state index contributed by atoms with van der Waals surface area (Å²) in [6.45, 7) is 0. The number of hydrogen-bond acceptors (Lipinski definition) is 4. The minimum absolute atomic E-state index is 0.248. The molecule has 5 rings (SSSR count). The number of nitrogens with two attached hydrogens (primary N) is 1. The maximum Gasteiger partial charge on any atom is 0.240 e. The molecule has 4 fully saturated rings. The molecule has 0 atom stereocenters. The molecule has 0 unspecified atom stereocenters. The Morgan fingerprint density at radius 2 is 1.72 bits per heavy atom. The molecule has 1 aromatic heterocycles. The van der Waals surface area contributed by atoms with Crippen LogP contribution in [0.4, 0.5) is 5.95 Å². The van der Waals surface area contributed by atoms with Crippen molar-refractivity contribution in [3.8, 4) is 0 Å². The summed E-state index contributed by atoms with van der Waals surface area (Å²) in [5.74, 6) is 3.22. The van der Waals surface area contributed by atoms with Gasteiger partial charge in [0.2, 0.25) is 5.95 Å². The lowest BCUT2D eigenvalue weighted by Gasteiger charge is -2.56. The molecule has 18 heavy (non-hydrogen) atoms. The Labute approximate surface area is 112 Å². The fourth-order valence-electron chi connectivity index (χ4n) is 5.08. The van der Waals surface area contributed by atoms with Crippen LogP contribution in [0.1, 0.15) is 38.5 Å². The molecule has 4 aliphatic carbocycles. The van der Waals surface area contributed by atoms with E-state index in [1.54, 1.807) is 11.8 Å². The average molecular weight is 264 g/mol. The van der Waals surface area contributed by atoms with Crippen molar-refractivity contribution in [2.24, 2.45) is 17.8 Å². The summed E-state index contributed by atoms with van der Waals surface area (Å²) >= 11 is 1.67. The summed E-state index contributed by atoms with van der Waals surface area (Å²) in [5.41, 5.74) is 6.07. The van der Waals surface area contributed by atoms with Gasteiger partial charge in [-0.3, -0.25) is 0 Å². The number of rotatable bonds is 2. The highest BCUT2D eigenvalue weighted by molar-refractivity contribution is 7.98. The Hall–Kier alpha value is -0.710. The molecule has 0 saturated heterocycles. The van der Waals surface area contributed by atoms with Crippen molar-refractivity contribution in [3.05, 3.63) is 0 Å². The van der Waals surface area contributed by atoms with Gasteiger partial charge in [0.15, 0.2) is 5.16 Å². The summed E-state index contributed by atoms with van der Waals surface area (Å²) in [6, 6.07) is 0. The van der Waals surface area contributed by atoms with E-state index in [-0.39, 0.29) is 5.54 Å². The minimum atomic E-state index is 0.248. The second-order valence-corrected chi connectivity index (χ2v) is 7.28. The molecule has 2 N–H and O–H groups in total. The van der Waals surface area contributed by atoms with Crippen LogP contribution in [0.15, 0.2) is 5.16 Å². The number of nitrogen functional groups attached to an aromatic ring is 1. The lowest BCUT2D eigenvalue weighted by molar-refractivity contribution is -0.0541. The zero-order chi connectivity index (χ0) is 12.3. The number of anilines is 1. The molecule has 0 spiro atoms. The maximum atomic E-state index is 5.82. The molecule has 1 heterocycles. The van der Waals surface area contributed by atoms with Crippen LogP contribution in [0.2, 0.25) is 0 Å². The SMILES string of the molecule is CSc1nc(N)nn1C12CC3CC(CC(C3)C1)C2. The van der Waals surface area contributed by atoms with E-state index in [0.717, 1.165) is 22.9 Å². The Kier molecular flexibility index (Phi) is 2.26. The van der Waals surface area contributed by atoms with Gasteiger partial charge in [0.25, 0.3) is 0 Å². The summed E-state index contributed by atoms with van der Waals surface area (Å²) < 4.78 is 2.19. The lowest BCUT2D eigenvalue weighted by Crippen LogP contribution is -2.52. The van der Waals surface area contributed by atoms with Gasteiger partial charge in [-0.25, -0.2) is 4.68 Å². The molecule has 0 aromatic carbocycles. The summed E-state index contributed by atoms with van der Waals surface area (Å²) in [6.07, 6.45) is 10.3. The van der Waals surface area contributed by atoms with Gasteiger partial charge in [-0.05, 0) is 62.5 Å². The summed E-state index contributed by atoms with van der Waals surface area (Å²) in [4.78, 5) is 4.38. The largest absolute Gasteiger partial charge is 0.366 e. The Morgan fingerprint density at radius 1 is 1.17 bits per heavy atom. The first kappa shape index (κ1) is 11.1. The number of hydrogen-bond donors (Lipinski definition) is 1. The van der Waals surface area contributed by atoms with E-state index < -0.39 is 0 Å². The van der Waals surface area contributed by atoms with Crippen molar-refractivity contribution < 1.29 is 0 Å². The monoisotopic (exact) mass is 264 g/mol. The molecule has 0 amide bonds. The number of thioether (sulfide) groups is 1. The van der Waals surface area contributed by atoms with E-state index >= 15 is 0 Å². The van der Waals surface area contributed by atoms with Crippen LogP contribution in [0.25, 0.3) is 0 Å². The van der Waals surface area contributed by atoms with E-state index in [1.165, 1.54) is 38.5 Å². The molecule has 0 radical (unpaired) electrons. The zero-order valence-electron chi connectivity index (χ0n) is 10.8. The van der Waals surface area contributed by atoms with Crippen LogP contribution in [0.3, 0.4) is 0 Å². The van der Waals surface area contributed by atoms with Crippen LogP contribution in [-0.4, -0.2) is 21.0 Å². The number of aromatic nitrogens is 3. The highest BCUT2D eigenvalue weighted by atomic mass is 32.2. The Bertz CT molecular complexity index is 446. The summed E-state index contributed by atoms with van der Waals surface area (Å²) in [7, 11) is 0. The quantitative estimate of drug-likeness (QED) is 0.834. The Morgan fingerprint density at radius 3 is 2.22 bits per heavy atom. The van der Waals surface area contributed by atoms with Gasteiger partial charge in [0, 0.05) is 0 Å². The van der Waals surface area contributed by atoms with Crippen molar-refractivity contribution in [3.63, 3.8) is 0 Å².